The number of nitrogen functional groups attached to an aromatic ring is 1. The van der Waals surface area contributed by atoms with Crippen LogP contribution in [0.5, 0.6) is 0 Å². The minimum Gasteiger partial charge on any atom is -0.301 e. The third-order valence-electron chi connectivity index (χ3n) is 3.68. The molecule has 1 amide bonds. The zero-order valence-corrected chi connectivity index (χ0v) is 13.0. The van der Waals surface area contributed by atoms with Crippen LogP contribution in [-0.2, 0) is 13.0 Å². The summed E-state index contributed by atoms with van der Waals surface area (Å²) in [6.45, 7) is 10.5. The minimum atomic E-state index is -0.235. The maximum atomic E-state index is 11.7. The molecule has 112 valence electrons. The number of carbonyl (C=O) groups excluding carboxylic acids is 1. The predicted molar refractivity (Wildman–Crippen MR) is 80.5 cm³/mol. The van der Waals surface area contributed by atoms with Gasteiger partial charge in [0, 0.05) is 26.2 Å². The number of piperazine rings is 1. The van der Waals surface area contributed by atoms with Crippen LogP contribution in [-0.4, -0.2) is 53.4 Å². The normalized spacial score (nSPS) is 17.4. The lowest BCUT2D eigenvalue weighted by Crippen LogP contribution is -2.45. The van der Waals surface area contributed by atoms with E-state index in [0.717, 1.165) is 56.4 Å². The van der Waals surface area contributed by atoms with Gasteiger partial charge in [0.15, 0.2) is 0 Å². The molecule has 2 rings (SSSR count). The summed E-state index contributed by atoms with van der Waals surface area (Å²) in [5, 5.41) is 1.00. The number of hydrogen-bond acceptors (Lipinski definition) is 6. The zero-order valence-electron chi connectivity index (χ0n) is 12.2. The van der Waals surface area contributed by atoms with Crippen molar-refractivity contribution in [2.45, 2.75) is 26.8 Å². The topological polar surface area (TPSA) is 74.5 Å². The highest BCUT2D eigenvalue weighted by Gasteiger charge is 2.20. The molecular formula is C13H23N5OS. The van der Waals surface area contributed by atoms with Gasteiger partial charge in [0.05, 0.1) is 12.2 Å². The molecule has 2 heterocycles. The van der Waals surface area contributed by atoms with E-state index in [1.807, 2.05) is 6.92 Å². The standard InChI is InChI=1S/C13H23N5OS/c1-3-10-12(13(19)16-14)20-11(15-10)9-18-7-5-17(4-2)6-8-18/h3-9,14H2,1-2H3,(H,16,19). The summed E-state index contributed by atoms with van der Waals surface area (Å²) in [6.07, 6.45) is 0.753. The van der Waals surface area contributed by atoms with Gasteiger partial charge in [-0.25, -0.2) is 10.8 Å². The van der Waals surface area contributed by atoms with Crippen molar-refractivity contribution in [2.24, 2.45) is 5.84 Å². The molecule has 3 N–H and O–H groups in total. The number of rotatable bonds is 5. The SMILES string of the molecule is CCc1nc(CN2CCN(CC)CC2)sc1C(=O)NN. The van der Waals surface area contributed by atoms with Crippen LogP contribution in [0.2, 0.25) is 0 Å². The lowest BCUT2D eigenvalue weighted by Gasteiger charge is -2.33. The van der Waals surface area contributed by atoms with E-state index in [2.05, 4.69) is 27.1 Å². The van der Waals surface area contributed by atoms with E-state index in [9.17, 15) is 4.79 Å². The molecule has 1 aliphatic heterocycles. The van der Waals surface area contributed by atoms with Crippen molar-refractivity contribution in [2.75, 3.05) is 32.7 Å². The average Bonchev–Trinajstić information content (AvgIpc) is 2.90. The predicted octanol–water partition coefficient (Wildman–Crippen LogP) is 0.447. The van der Waals surface area contributed by atoms with Gasteiger partial charge < -0.3 is 4.90 Å². The largest absolute Gasteiger partial charge is 0.301 e. The molecule has 1 aliphatic rings. The number of hydrazine groups is 1. The number of carbonyl (C=O) groups is 1. The van der Waals surface area contributed by atoms with E-state index in [-0.39, 0.29) is 5.91 Å². The molecule has 1 saturated heterocycles. The van der Waals surface area contributed by atoms with Crippen molar-refractivity contribution in [3.05, 3.63) is 15.6 Å². The van der Waals surface area contributed by atoms with Gasteiger partial charge in [-0.2, -0.15) is 0 Å². The van der Waals surface area contributed by atoms with Crippen molar-refractivity contribution < 1.29 is 4.79 Å². The summed E-state index contributed by atoms with van der Waals surface area (Å²) < 4.78 is 0. The lowest BCUT2D eigenvalue weighted by atomic mass is 10.3. The molecule has 7 heteroatoms. The van der Waals surface area contributed by atoms with Crippen LogP contribution in [0, 0.1) is 0 Å². The molecule has 1 aromatic rings. The number of thiazole rings is 1. The molecule has 0 aliphatic carbocycles. The fourth-order valence-corrected chi connectivity index (χ4v) is 3.50. The number of aromatic nitrogens is 1. The highest BCUT2D eigenvalue weighted by molar-refractivity contribution is 7.13. The monoisotopic (exact) mass is 297 g/mol. The van der Waals surface area contributed by atoms with E-state index >= 15 is 0 Å². The Bertz CT molecular complexity index is 454. The van der Waals surface area contributed by atoms with Crippen LogP contribution >= 0.6 is 11.3 Å². The summed E-state index contributed by atoms with van der Waals surface area (Å²) in [5.41, 5.74) is 3.04. The number of hydrogen-bond donors (Lipinski definition) is 2. The number of nitrogens with zero attached hydrogens (tertiary/aromatic N) is 3. The van der Waals surface area contributed by atoms with Crippen LogP contribution in [0.3, 0.4) is 0 Å². The number of aryl methyl sites for hydroxylation is 1. The summed E-state index contributed by atoms with van der Waals surface area (Å²) in [5.74, 6) is 4.98. The number of amides is 1. The molecule has 1 aromatic heterocycles. The lowest BCUT2D eigenvalue weighted by molar-refractivity contribution is 0.0956. The van der Waals surface area contributed by atoms with Crippen molar-refractivity contribution in [3.8, 4) is 0 Å². The number of likely N-dealkylation sites (N-methyl/N-ethyl adjacent to an activating group) is 1. The second-order valence-corrected chi connectivity index (χ2v) is 6.00. The van der Waals surface area contributed by atoms with E-state index < -0.39 is 0 Å². The van der Waals surface area contributed by atoms with Gasteiger partial charge in [-0.05, 0) is 13.0 Å². The third-order valence-corrected chi connectivity index (χ3v) is 4.77. The number of nitrogens with two attached hydrogens (primary N) is 1. The van der Waals surface area contributed by atoms with Gasteiger partial charge in [-0.15, -0.1) is 11.3 Å². The third kappa shape index (κ3) is 3.54. The van der Waals surface area contributed by atoms with E-state index in [1.54, 1.807) is 0 Å². The number of nitrogens with one attached hydrogen (secondary N) is 1. The Balaban J connectivity index is 2.00. The van der Waals surface area contributed by atoms with E-state index in [1.165, 1.54) is 11.3 Å². The second kappa shape index (κ2) is 7.12. The summed E-state index contributed by atoms with van der Waals surface area (Å²) in [7, 11) is 0. The maximum absolute atomic E-state index is 11.7. The Labute approximate surface area is 123 Å². The first-order chi connectivity index (χ1) is 9.67. The van der Waals surface area contributed by atoms with Crippen molar-refractivity contribution >= 4 is 17.2 Å². The van der Waals surface area contributed by atoms with Crippen LogP contribution in [0.4, 0.5) is 0 Å². The maximum Gasteiger partial charge on any atom is 0.277 e. The highest BCUT2D eigenvalue weighted by Crippen LogP contribution is 2.21. The van der Waals surface area contributed by atoms with Gasteiger partial charge in [0.1, 0.15) is 9.88 Å². The average molecular weight is 297 g/mol. The first kappa shape index (κ1) is 15.4. The van der Waals surface area contributed by atoms with Gasteiger partial charge >= 0.3 is 0 Å². The first-order valence-corrected chi connectivity index (χ1v) is 7.93. The Morgan fingerprint density at radius 2 is 1.95 bits per heavy atom. The highest BCUT2D eigenvalue weighted by atomic mass is 32.1. The van der Waals surface area contributed by atoms with Gasteiger partial charge in [0.2, 0.25) is 0 Å². The van der Waals surface area contributed by atoms with Gasteiger partial charge in [0.25, 0.3) is 5.91 Å². The molecule has 0 atom stereocenters. The Morgan fingerprint density at radius 1 is 1.30 bits per heavy atom. The molecule has 0 radical (unpaired) electrons. The van der Waals surface area contributed by atoms with Crippen LogP contribution in [0.25, 0.3) is 0 Å². The molecule has 20 heavy (non-hydrogen) atoms. The molecule has 0 aromatic carbocycles. The smallest absolute Gasteiger partial charge is 0.277 e. The van der Waals surface area contributed by atoms with Gasteiger partial charge in [-0.3, -0.25) is 15.1 Å². The molecule has 1 fully saturated rings. The molecule has 6 nitrogen and oxygen atoms in total. The second-order valence-electron chi connectivity index (χ2n) is 4.92. The first-order valence-electron chi connectivity index (χ1n) is 7.12. The zero-order chi connectivity index (χ0) is 14.5. The Kier molecular flexibility index (Phi) is 5.47. The molecular weight excluding hydrogens is 274 g/mol. The van der Waals surface area contributed by atoms with Crippen LogP contribution in [0.1, 0.15) is 34.2 Å². The summed E-state index contributed by atoms with van der Waals surface area (Å²) in [4.78, 5) is 21.8. The summed E-state index contributed by atoms with van der Waals surface area (Å²) >= 11 is 1.46. The van der Waals surface area contributed by atoms with Gasteiger partial charge in [-0.1, -0.05) is 13.8 Å². The van der Waals surface area contributed by atoms with E-state index in [0.29, 0.717) is 4.88 Å². The van der Waals surface area contributed by atoms with Crippen molar-refractivity contribution in [3.63, 3.8) is 0 Å². The van der Waals surface area contributed by atoms with E-state index in [4.69, 9.17) is 5.84 Å². The fourth-order valence-electron chi connectivity index (χ4n) is 2.41. The quantitative estimate of drug-likeness (QED) is 0.469. The van der Waals surface area contributed by atoms with Crippen LogP contribution < -0.4 is 11.3 Å². The fraction of sp³-hybridized carbons (Fsp3) is 0.692. The molecule has 0 unspecified atom stereocenters. The Morgan fingerprint density at radius 3 is 2.50 bits per heavy atom. The Hall–Kier alpha value is -1.02. The molecule has 0 saturated carbocycles. The van der Waals surface area contributed by atoms with Crippen molar-refractivity contribution in [1.29, 1.82) is 0 Å². The summed E-state index contributed by atoms with van der Waals surface area (Å²) in [6, 6.07) is 0. The minimum absolute atomic E-state index is 0.235. The molecule has 0 bridgehead atoms. The molecule has 0 spiro atoms. The van der Waals surface area contributed by atoms with Crippen LogP contribution in [0.15, 0.2) is 0 Å². The van der Waals surface area contributed by atoms with Crippen molar-refractivity contribution in [1.82, 2.24) is 20.2 Å².